The molecule has 0 saturated heterocycles. The maximum absolute atomic E-state index is 14.1. The predicted molar refractivity (Wildman–Crippen MR) is 118 cm³/mol. The highest BCUT2D eigenvalue weighted by atomic mass is 32.1. The Kier molecular flexibility index (Phi) is 5.58. The Morgan fingerprint density at radius 3 is 2.75 bits per heavy atom. The first-order valence-electron chi connectivity index (χ1n) is 10.7. The van der Waals surface area contributed by atoms with Gasteiger partial charge in [0.05, 0.1) is 11.3 Å². The molecule has 168 valence electrons. The second-order valence-corrected chi connectivity index (χ2v) is 10.7. The third-order valence-corrected chi connectivity index (χ3v) is 8.20. The maximum Gasteiger partial charge on any atom is 0.404 e. The van der Waals surface area contributed by atoms with Crippen molar-refractivity contribution in [2.75, 3.05) is 0 Å². The van der Waals surface area contributed by atoms with Crippen LogP contribution in [0.4, 0.5) is 9.18 Å². The van der Waals surface area contributed by atoms with E-state index < -0.39 is 11.9 Å². The van der Waals surface area contributed by atoms with E-state index in [1.165, 1.54) is 23.5 Å². The molecule has 8 heteroatoms. The number of ether oxygens (including phenoxy) is 1. The van der Waals surface area contributed by atoms with Gasteiger partial charge in [0, 0.05) is 16.9 Å². The summed E-state index contributed by atoms with van der Waals surface area (Å²) < 4.78 is 19.4. The largest absolute Gasteiger partial charge is 0.446 e. The SMILES string of the molecule is CC(C)(C)C12CCC(CC(OC(N)=O)C1)C2C(=O)c1nc(-c2ccc(C#N)c(F)c2)cs1. The molecule has 4 unspecified atom stereocenters. The molecule has 32 heavy (non-hydrogen) atoms. The van der Waals surface area contributed by atoms with Gasteiger partial charge in [-0.3, -0.25) is 4.79 Å². The molecular weight excluding hydrogens is 429 g/mol. The lowest BCUT2D eigenvalue weighted by atomic mass is 9.54. The van der Waals surface area contributed by atoms with Gasteiger partial charge in [-0.15, -0.1) is 11.3 Å². The molecule has 0 aliphatic heterocycles. The van der Waals surface area contributed by atoms with Crippen molar-refractivity contribution in [3.05, 3.63) is 40.0 Å². The number of Topliss-reactive ketones (excluding diaryl/α,β-unsaturated/α-hetero) is 1. The van der Waals surface area contributed by atoms with Crippen LogP contribution in [0, 0.1) is 39.8 Å². The maximum atomic E-state index is 14.1. The number of thiazole rings is 1. The summed E-state index contributed by atoms with van der Waals surface area (Å²) in [5.41, 5.74) is 5.80. The molecule has 1 heterocycles. The van der Waals surface area contributed by atoms with Gasteiger partial charge < -0.3 is 10.5 Å². The van der Waals surface area contributed by atoms with E-state index in [-0.39, 0.29) is 40.1 Å². The highest BCUT2D eigenvalue weighted by Crippen LogP contribution is 2.64. The number of halogens is 1. The van der Waals surface area contributed by atoms with E-state index in [4.69, 9.17) is 15.7 Å². The Morgan fingerprint density at radius 2 is 2.12 bits per heavy atom. The normalized spacial score (nSPS) is 27.0. The summed E-state index contributed by atoms with van der Waals surface area (Å²) in [6, 6.07) is 6.13. The lowest BCUT2D eigenvalue weighted by Gasteiger charge is -2.51. The Hall–Kier alpha value is -2.79. The summed E-state index contributed by atoms with van der Waals surface area (Å²) in [5.74, 6) is -0.722. The molecule has 2 N–H and O–H groups in total. The smallest absolute Gasteiger partial charge is 0.404 e. The number of rotatable bonds is 4. The van der Waals surface area contributed by atoms with E-state index in [9.17, 15) is 14.0 Å². The average molecular weight is 456 g/mol. The Labute approximate surface area is 190 Å². The number of nitriles is 1. The van der Waals surface area contributed by atoms with Crippen molar-refractivity contribution in [1.29, 1.82) is 5.26 Å². The van der Waals surface area contributed by atoms with Gasteiger partial charge in [0.15, 0.2) is 10.8 Å². The molecular formula is C24H26FN3O3S. The quantitative estimate of drug-likeness (QED) is 0.628. The fraction of sp³-hybridized carbons (Fsp3) is 0.500. The molecule has 1 aromatic carbocycles. The lowest BCUT2D eigenvalue weighted by molar-refractivity contribution is -0.0526. The summed E-state index contributed by atoms with van der Waals surface area (Å²) >= 11 is 1.26. The molecule has 2 aromatic rings. The van der Waals surface area contributed by atoms with Crippen LogP contribution in [-0.2, 0) is 4.74 Å². The van der Waals surface area contributed by atoms with Crippen molar-refractivity contribution in [2.24, 2.45) is 28.4 Å². The van der Waals surface area contributed by atoms with Crippen molar-refractivity contribution in [1.82, 2.24) is 4.98 Å². The fourth-order valence-electron chi connectivity index (χ4n) is 5.81. The number of carbonyl (C=O) groups excluding carboxylic acids is 2. The highest BCUT2D eigenvalue weighted by Gasteiger charge is 2.61. The predicted octanol–water partition coefficient (Wildman–Crippen LogP) is 5.32. The van der Waals surface area contributed by atoms with E-state index in [1.54, 1.807) is 17.5 Å². The number of nitrogens with zero attached hydrogens (tertiary/aromatic N) is 2. The molecule has 4 atom stereocenters. The number of aromatic nitrogens is 1. The van der Waals surface area contributed by atoms with Crippen LogP contribution in [0.1, 0.15) is 61.8 Å². The number of hydrogen-bond donors (Lipinski definition) is 1. The molecule has 2 fully saturated rings. The van der Waals surface area contributed by atoms with Crippen LogP contribution in [0.15, 0.2) is 23.6 Å². The van der Waals surface area contributed by atoms with Gasteiger partial charge >= 0.3 is 6.09 Å². The summed E-state index contributed by atoms with van der Waals surface area (Å²) in [7, 11) is 0. The molecule has 2 aliphatic carbocycles. The van der Waals surface area contributed by atoms with E-state index in [0.717, 1.165) is 12.8 Å². The van der Waals surface area contributed by atoms with Crippen molar-refractivity contribution < 1.29 is 18.7 Å². The van der Waals surface area contributed by atoms with Gasteiger partial charge in [0.1, 0.15) is 18.0 Å². The van der Waals surface area contributed by atoms with Crippen molar-refractivity contribution >= 4 is 23.2 Å². The van der Waals surface area contributed by atoms with Crippen LogP contribution >= 0.6 is 11.3 Å². The molecule has 2 bridgehead atoms. The minimum atomic E-state index is -0.776. The van der Waals surface area contributed by atoms with Crippen LogP contribution in [0.25, 0.3) is 11.3 Å². The van der Waals surface area contributed by atoms with Crippen molar-refractivity contribution in [3.8, 4) is 17.3 Å². The van der Waals surface area contributed by atoms with Gasteiger partial charge in [-0.05, 0) is 54.6 Å². The number of primary amides is 1. The first-order valence-corrected chi connectivity index (χ1v) is 11.6. The lowest BCUT2D eigenvalue weighted by Crippen LogP contribution is -2.50. The monoisotopic (exact) mass is 455 g/mol. The molecule has 1 aromatic heterocycles. The first-order chi connectivity index (χ1) is 15.1. The van der Waals surface area contributed by atoms with Gasteiger partial charge in [0.2, 0.25) is 0 Å². The zero-order chi connectivity index (χ0) is 23.3. The second-order valence-electron chi connectivity index (χ2n) is 9.89. The topological polar surface area (TPSA) is 106 Å². The molecule has 2 saturated carbocycles. The number of nitrogens with two attached hydrogens (primary N) is 1. The number of amides is 1. The van der Waals surface area contributed by atoms with Crippen LogP contribution in [0.5, 0.6) is 0 Å². The minimum Gasteiger partial charge on any atom is -0.446 e. The molecule has 1 amide bonds. The zero-order valence-corrected chi connectivity index (χ0v) is 19.2. The first kappa shape index (κ1) is 22.4. The van der Waals surface area contributed by atoms with E-state index in [0.29, 0.717) is 29.1 Å². The zero-order valence-electron chi connectivity index (χ0n) is 18.4. The van der Waals surface area contributed by atoms with Crippen LogP contribution in [0.2, 0.25) is 0 Å². The Morgan fingerprint density at radius 1 is 1.38 bits per heavy atom. The summed E-state index contributed by atoms with van der Waals surface area (Å²) in [6.07, 6.45) is 1.95. The standard InChI is InChI=1S/C24H26FN3O3S/c1-23(2,3)24-7-6-14(8-16(10-24)31-22(27)30)19(24)20(29)21-28-18(12-32-21)13-4-5-15(11-26)17(25)9-13/h4-5,9,12,14,16,19H,6-8,10H2,1-3H3,(H2,27,30). The Bertz CT molecular complexity index is 1120. The van der Waals surface area contributed by atoms with Gasteiger partial charge in [0.25, 0.3) is 0 Å². The van der Waals surface area contributed by atoms with E-state index in [2.05, 4.69) is 25.8 Å². The van der Waals surface area contributed by atoms with Crippen LogP contribution in [0.3, 0.4) is 0 Å². The highest BCUT2D eigenvalue weighted by molar-refractivity contribution is 7.12. The Balaban J connectivity index is 1.65. The van der Waals surface area contributed by atoms with E-state index in [1.807, 2.05) is 0 Å². The molecule has 2 aliphatic rings. The molecule has 4 rings (SSSR count). The van der Waals surface area contributed by atoms with Gasteiger partial charge in [-0.1, -0.05) is 26.8 Å². The summed E-state index contributed by atoms with van der Waals surface area (Å²) in [5, 5.41) is 11.1. The number of ketones is 1. The average Bonchev–Trinajstić information content (AvgIpc) is 3.29. The summed E-state index contributed by atoms with van der Waals surface area (Å²) in [4.78, 5) is 29.7. The van der Waals surface area contributed by atoms with Crippen LogP contribution < -0.4 is 5.73 Å². The minimum absolute atomic E-state index is 0.00492. The summed E-state index contributed by atoms with van der Waals surface area (Å²) in [6.45, 7) is 6.40. The van der Waals surface area contributed by atoms with E-state index >= 15 is 0 Å². The molecule has 6 nitrogen and oxygen atoms in total. The number of benzene rings is 1. The number of carbonyl (C=O) groups is 2. The fourth-order valence-corrected chi connectivity index (χ4v) is 6.62. The van der Waals surface area contributed by atoms with Gasteiger partial charge in [-0.2, -0.15) is 5.26 Å². The number of fused-ring (bicyclic) bond motifs is 2. The third kappa shape index (κ3) is 3.69. The van der Waals surface area contributed by atoms with Crippen LogP contribution in [-0.4, -0.2) is 23.0 Å². The van der Waals surface area contributed by atoms with Gasteiger partial charge in [-0.25, -0.2) is 14.2 Å². The second kappa shape index (κ2) is 7.96. The molecule has 0 spiro atoms. The van der Waals surface area contributed by atoms with Crippen molar-refractivity contribution in [2.45, 2.75) is 52.6 Å². The number of hydrogen-bond acceptors (Lipinski definition) is 6. The molecule has 0 radical (unpaired) electrons. The third-order valence-electron chi connectivity index (χ3n) is 7.34. The van der Waals surface area contributed by atoms with Crippen molar-refractivity contribution in [3.63, 3.8) is 0 Å².